The second-order valence-electron chi connectivity index (χ2n) is 4.37. The molecule has 3 heteroatoms. The topological polar surface area (TPSA) is 0 Å². The van der Waals surface area contributed by atoms with Gasteiger partial charge in [0.15, 0.2) is 0 Å². The van der Waals surface area contributed by atoms with Crippen LogP contribution in [0.3, 0.4) is 0 Å². The molecule has 2 aromatic rings. The van der Waals surface area contributed by atoms with Crippen LogP contribution in [0.2, 0.25) is 0 Å². The number of hydrogen-bond acceptors (Lipinski definition) is 0. The molecular weight excluding hydrogens is 359 g/mol. The Bertz CT molecular complexity index is 579. The third kappa shape index (κ3) is 2.67. The Balaban J connectivity index is 2.48. The van der Waals surface area contributed by atoms with Crippen molar-refractivity contribution in [1.82, 2.24) is 0 Å². The monoisotopic (exact) mass is 370 g/mol. The molecule has 2 rings (SSSR count). The van der Waals surface area contributed by atoms with E-state index < -0.39 is 0 Å². The van der Waals surface area contributed by atoms with E-state index in [0.717, 1.165) is 11.1 Å². The summed E-state index contributed by atoms with van der Waals surface area (Å²) in [6, 6.07) is 11.4. The molecule has 0 saturated heterocycles. The first kappa shape index (κ1) is 13.8. The molecular formula is C15H13Br2F. The van der Waals surface area contributed by atoms with Crippen molar-refractivity contribution in [2.45, 2.75) is 18.7 Å². The van der Waals surface area contributed by atoms with E-state index in [4.69, 9.17) is 0 Å². The maximum absolute atomic E-state index is 13.6. The highest BCUT2D eigenvalue weighted by molar-refractivity contribution is 9.11. The lowest BCUT2D eigenvalue weighted by Gasteiger charge is -2.16. The average Bonchev–Trinajstić information content (AvgIpc) is 2.32. The van der Waals surface area contributed by atoms with Gasteiger partial charge in [-0.3, -0.25) is 0 Å². The molecule has 2 aromatic carbocycles. The fraction of sp³-hybridized carbons (Fsp3) is 0.200. The van der Waals surface area contributed by atoms with Crippen molar-refractivity contribution < 1.29 is 4.39 Å². The highest BCUT2D eigenvalue weighted by Gasteiger charge is 2.17. The minimum absolute atomic E-state index is 0.0109. The standard InChI is InChI=1S/C15H13Br2F/c1-9-6-7-11(10(2)8-9)14(16)12-4-3-5-13(18)15(12)17/h3-8,14H,1-2H3. The summed E-state index contributed by atoms with van der Waals surface area (Å²) in [5.41, 5.74) is 4.50. The number of alkyl halides is 1. The fourth-order valence-electron chi connectivity index (χ4n) is 1.99. The van der Waals surface area contributed by atoms with Gasteiger partial charge in [-0.15, -0.1) is 0 Å². The maximum atomic E-state index is 13.6. The van der Waals surface area contributed by atoms with E-state index in [0.29, 0.717) is 4.47 Å². The minimum Gasteiger partial charge on any atom is -0.206 e. The Morgan fingerprint density at radius 3 is 2.44 bits per heavy atom. The van der Waals surface area contributed by atoms with Crippen LogP contribution in [0.25, 0.3) is 0 Å². The largest absolute Gasteiger partial charge is 0.206 e. The normalized spacial score (nSPS) is 12.5. The zero-order chi connectivity index (χ0) is 13.3. The van der Waals surface area contributed by atoms with E-state index in [-0.39, 0.29) is 10.6 Å². The van der Waals surface area contributed by atoms with Crippen LogP contribution >= 0.6 is 31.9 Å². The van der Waals surface area contributed by atoms with Gasteiger partial charge in [0.25, 0.3) is 0 Å². The van der Waals surface area contributed by atoms with Crippen molar-refractivity contribution in [3.05, 3.63) is 68.9 Å². The summed E-state index contributed by atoms with van der Waals surface area (Å²) < 4.78 is 14.1. The molecule has 0 spiro atoms. The minimum atomic E-state index is -0.235. The Labute approximate surface area is 123 Å². The van der Waals surface area contributed by atoms with Crippen LogP contribution in [-0.4, -0.2) is 0 Å². The van der Waals surface area contributed by atoms with E-state index in [9.17, 15) is 4.39 Å². The van der Waals surface area contributed by atoms with Crippen molar-refractivity contribution in [2.24, 2.45) is 0 Å². The van der Waals surface area contributed by atoms with E-state index in [1.54, 1.807) is 6.07 Å². The Morgan fingerprint density at radius 2 is 1.78 bits per heavy atom. The third-order valence-corrected chi connectivity index (χ3v) is 4.78. The van der Waals surface area contributed by atoms with E-state index in [1.807, 2.05) is 6.07 Å². The zero-order valence-corrected chi connectivity index (χ0v) is 13.3. The van der Waals surface area contributed by atoms with Gasteiger partial charge >= 0.3 is 0 Å². The number of rotatable bonds is 2. The fourth-order valence-corrected chi connectivity index (χ4v) is 3.69. The van der Waals surface area contributed by atoms with Gasteiger partial charge in [-0.1, -0.05) is 51.8 Å². The van der Waals surface area contributed by atoms with Crippen molar-refractivity contribution >= 4 is 31.9 Å². The van der Waals surface area contributed by atoms with Crippen LogP contribution in [0.1, 0.15) is 27.1 Å². The average molecular weight is 372 g/mol. The third-order valence-electron chi connectivity index (χ3n) is 2.95. The lowest BCUT2D eigenvalue weighted by atomic mass is 9.99. The molecule has 1 unspecified atom stereocenters. The van der Waals surface area contributed by atoms with Crippen LogP contribution in [-0.2, 0) is 0 Å². The van der Waals surface area contributed by atoms with Crippen LogP contribution in [0.15, 0.2) is 40.9 Å². The van der Waals surface area contributed by atoms with Crippen molar-refractivity contribution in [2.75, 3.05) is 0 Å². The highest BCUT2D eigenvalue weighted by Crippen LogP contribution is 2.37. The van der Waals surface area contributed by atoms with Gasteiger partial charge < -0.3 is 0 Å². The van der Waals surface area contributed by atoms with Crippen LogP contribution in [0.5, 0.6) is 0 Å². The Hall–Kier alpha value is -0.670. The second-order valence-corrected chi connectivity index (χ2v) is 6.07. The summed E-state index contributed by atoms with van der Waals surface area (Å²) >= 11 is 6.97. The first-order valence-corrected chi connectivity index (χ1v) is 7.36. The van der Waals surface area contributed by atoms with Gasteiger partial charge in [0.1, 0.15) is 5.82 Å². The van der Waals surface area contributed by atoms with Crippen LogP contribution in [0.4, 0.5) is 4.39 Å². The quantitative estimate of drug-likeness (QED) is 0.595. The Morgan fingerprint density at radius 1 is 1.06 bits per heavy atom. The summed E-state index contributed by atoms with van der Waals surface area (Å²) in [6.07, 6.45) is 0. The van der Waals surface area contributed by atoms with Crippen molar-refractivity contribution in [3.63, 3.8) is 0 Å². The molecule has 0 nitrogen and oxygen atoms in total. The number of halogens is 3. The highest BCUT2D eigenvalue weighted by atomic mass is 79.9. The van der Waals surface area contributed by atoms with E-state index in [1.165, 1.54) is 17.2 Å². The molecule has 0 amide bonds. The van der Waals surface area contributed by atoms with Crippen molar-refractivity contribution in [1.29, 1.82) is 0 Å². The van der Waals surface area contributed by atoms with Gasteiger partial charge in [-0.25, -0.2) is 4.39 Å². The molecule has 0 bridgehead atoms. The molecule has 0 radical (unpaired) electrons. The molecule has 0 saturated carbocycles. The first-order valence-electron chi connectivity index (χ1n) is 5.66. The predicted molar refractivity (Wildman–Crippen MR) is 80.8 cm³/mol. The molecule has 0 aliphatic carbocycles. The zero-order valence-electron chi connectivity index (χ0n) is 10.2. The smallest absolute Gasteiger partial charge is 0.137 e. The molecule has 0 N–H and O–H groups in total. The summed E-state index contributed by atoms with van der Waals surface area (Å²) in [5.74, 6) is -0.235. The molecule has 0 heterocycles. The molecule has 94 valence electrons. The summed E-state index contributed by atoms with van der Waals surface area (Å²) in [5, 5.41) is 0. The summed E-state index contributed by atoms with van der Waals surface area (Å²) in [4.78, 5) is -0.0109. The van der Waals surface area contributed by atoms with Gasteiger partial charge in [-0.05, 0) is 52.5 Å². The number of hydrogen-bond donors (Lipinski definition) is 0. The lowest BCUT2D eigenvalue weighted by Crippen LogP contribution is -1.98. The Kier molecular flexibility index (Phi) is 4.23. The molecule has 0 aliphatic rings. The molecule has 0 fully saturated rings. The summed E-state index contributed by atoms with van der Waals surface area (Å²) in [6.45, 7) is 4.14. The molecule has 18 heavy (non-hydrogen) atoms. The SMILES string of the molecule is Cc1ccc(C(Br)c2cccc(F)c2Br)c(C)c1. The number of aryl methyl sites for hydroxylation is 2. The molecule has 0 aromatic heterocycles. The lowest BCUT2D eigenvalue weighted by molar-refractivity contribution is 0.618. The summed E-state index contributed by atoms with van der Waals surface area (Å²) in [7, 11) is 0. The van der Waals surface area contributed by atoms with Gasteiger partial charge in [-0.2, -0.15) is 0 Å². The van der Waals surface area contributed by atoms with Crippen molar-refractivity contribution in [3.8, 4) is 0 Å². The maximum Gasteiger partial charge on any atom is 0.137 e. The van der Waals surface area contributed by atoms with Crippen LogP contribution < -0.4 is 0 Å². The van der Waals surface area contributed by atoms with E-state index >= 15 is 0 Å². The van der Waals surface area contributed by atoms with Gasteiger partial charge in [0, 0.05) is 0 Å². The second kappa shape index (κ2) is 5.54. The van der Waals surface area contributed by atoms with Gasteiger partial charge in [0.05, 0.1) is 9.30 Å². The molecule has 0 aliphatic heterocycles. The molecule has 1 atom stereocenters. The first-order chi connectivity index (χ1) is 8.50. The number of benzene rings is 2. The van der Waals surface area contributed by atoms with Gasteiger partial charge in [0.2, 0.25) is 0 Å². The van der Waals surface area contributed by atoms with Crippen LogP contribution in [0, 0.1) is 19.7 Å². The van der Waals surface area contributed by atoms with E-state index in [2.05, 4.69) is 63.9 Å². The predicted octanol–water partition coefficient (Wildman–Crippen LogP) is 5.69.